The standard InChI is InChI=1S/C33H29N3O4/c37-29(22-9-6-8-21(18-22)26-20-40-28-14-5-4-12-24(26)28)31(39)36-17-7-13-27-25(19-36)30(38)35-32(34-27)33(15-16-33)23-10-2-1-3-11-23/h1-6,8-12,14,18,20,29,37H,7,13,15-17,19H2,(H,34,35,38)/t29-/m1/s1. The Morgan fingerprint density at radius 2 is 1.82 bits per heavy atom. The molecule has 0 saturated heterocycles. The molecule has 3 heterocycles. The Morgan fingerprint density at radius 1 is 1.02 bits per heavy atom. The summed E-state index contributed by atoms with van der Waals surface area (Å²) in [5.41, 5.74) is 5.01. The Morgan fingerprint density at radius 3 is 2.65 bits per heavy atom. The fourth-order valence-electron chi connectivity index (χ4n) is 5.97. The number of nitrogens with zero attached hydrogens (tertiary/aromatic N) is 2. The van der Waals surface area contributed by atoms with Gasteiger partial charge < -0.3 is 19.4 Å². The minimum absolute atomic E-state index is 0.123. The summed E-state index contributed by atoms with van der Waals surface area (Å²) in [4.78, 5) is 36.4. The molecule has 7 heteroatoms. The Labute approximate surface area is 231 Å². The van der Waals surface area contributed by atoms with Crippen LogP contribution in [-0.2, 0) is 23.2 Å². The number of rotatable bonds is 5. The van der Waals surface area contributed by atoms with Gasteiger partial charge >= 0.3 is 0 Å². The van der Waals surface area contributed by atoms with E-state index in [1.807, 2.05) is 60.7 Å². The van der Waals surface area contributed by atoms with Crippen LogP contribution in [-0.4, -0.2) is 32.4 Å². The number of H-pyrrole nitrogens is 1. The molecule has 1 atom stereocenters. The number of aliphatic hydroxyl groups excluding tert-OH is 1. The van der Waals surface area contributed by atoms with Gasteiger partial charge in [0.25, 0.3) is 11.5 Å². The molecule has 2 aromatic heterocycles. The number of aromatic nitrogens is 2. The fourth-order valence-corrected chi connectivity index (χ4v) is 5.97. The lowest BCUT2D eigenvalue weighted by Crippen LogP contribution is -2.36. The largest absolute Gasteiger partial charge is 0.464 e. The summed E-state index contributed by atoms with van der Waals surface area (Å²) >= 11 is 0. The van der Waals surface area contributed by atoms with E-state index in [-0.39, 0.29) is 17.5 Å². The normalized spacial score (nSPS) is 16.8. The Bertz CT molecular complexity index is 1780. The molecule has 0 unspecified atom stereocenters. The number of carbonyl (C=O) groups is 1. The number of amides is 1. The molecule has 200 valence electrons. The zero-order valence-corrected chi connectivity index (χ0v) is 22.0. The molecule has 0 bridgehead atoms. The van der Waals surface area contributed by atoms with Crippen molar-refractivity contribution in [3.05, 3.63) is 124 Å². The number of para-hydroxylation sites is 1. The second kappa shape index (κ2) is 9.61. The number of fused-ring (bicyclic) bond motifs is 2. The first kappa shape index (κ1) is 24.5. The number of carbonyl (C=O) groups excluding carboxylic acids is 1. The number of aryl methyl sites for hydroxylation is 1. The van der Waals surface area contributed by atoms with E-state index in [2.05, 4.69) is 17.1 Å². The second-order valence-electron chi connectivity index (χ2n) is 10.8. The lowest BCUT2D eigenvalue weighted by molar-refractivity contribution is -0.141. The number of nitrogens with one attached hydrogen (secondary N) is 1. The molecule has 5 aromatic rings. The van der Waals surface area contributed by atoms with Gasteiger partial charge in [-0.1, -0.05) is 66.7 Å². The molecule has 1 aliphatic carbocycles. The molecule has 1 fully saturated rings. The highest BCUT2D eigenvalue weighted by Crippen LogP contribution is 2.52. The van der Waals surface area contributed by atoms with Crippen LogP contribution in [0.4, 0.5) is 0 Å². The third kappa shape index (κ3) is 4.14. The summed E-state index contributed by atoms with van der Waals surface area (Å²) in [6.07, 6.45) is 3.52. The average Bonchev–Trinajstić information content (AvgIpc) is 3.74. The van der Waals surface area contributed by atoms with Crippen LogP contribution in [0.1, 0.15) is 53.6 Å². The second-order valence-corrected chi connectivity index (χ2v) is 10.8. The molecule has 2 aliphatic rings. The molecule has 0 spiro atoms. The number of furan rings is 1. The summed E-state index contributed by atoms with van der Waals surface area (Å²) in [5.74, 6) is 0.291. The molecule has 0 radical (unpaired) electrons. The van der Waals surface area contributed by atoms with Gasteiger partial charge in [-0.25, -0.2) is 4.98 Å². The van der Waals surface area contributed by atoms with Gasteiger partial charge in [0.05, 0.1) is 29.5 Å². The van der Waals surface area contributed by atoms with Gasteiger partial charge in [-0.3, -0.25) is 9.59 Å². The molecule has 1 amide bonds. The van der Waals surface area contributed by atoms with Crippen LogP contribution >= 0.6 is 0 Å². The van der Waals surface area contributed by atoms with E-state index < -0.39 is 12.0 Å². The third-order valence-electron chi connectivity index (χ3n) is 8.36. The van der Waals surface area contributed by atoms with E-state index >= 15 is 0 Å². The summed E-state index contributed by atoms with van der Waals surface area (Å²) in [6, 6.07) is 25.3. The predicted molar refractivity (Wildman–Crippen MR) is 152 cm³/mol. The monoisotopic (exact) mass is 531 g/mol. The van der Waals surface area contributed by atoms with Gasteiger partial charge in [0, 0.05) is 17.5 Å². The third-order valence-corrected chi connectivity index (χ3v) is 8.36. The maximum absolute atomic E-state index is 13.5. The molecule has 40 heavy (non-hydrogen) atoms. The first-order valence-electron chi connectivity index (χ1n) is 13.7. The summed E-state index contributed by atoms with van der Waals surface area (Å²) in [7, 11) is 0. The van der Waals surface area contributed by atoms with Crippen molar-refractivity contribution < 1.29 is 14.3 Å². The summed E-state index contributed by atoms with van der Waals surface area (Å²) < 4.78 is 5.69. The van der Waals surface area contributed by atoms with Crippen LogP contribution in [0, 0.1) is 0 Å². The number of aliphatic hydroxyl groups is 1. The van der Waals surface area contributed by atoms with Crippen molar-refractivity contribution in [1.82, 2.24) is 14.9 Å². The zero-order chi connectivity index (χ0) is 27.3. The highest BCUT2D eigenvalue weighted by Gasteiger charge is 2.48. The van der Waals surface area contributed by atoms with Crippen LogP contribution < -0.4 is 5.56 Å². The lowest BCUT2D eigenvalue weighted by Gasteiger charge is -2.24. The molecular weight excluding hydrogens is 502 g/mol. The molecule has 1 saturated carbocycles. The molecule has 3 aromatic carbocycles. The summed E-state index contributed by atoms with van der Waals surface area (Å²) in [5, 5.41) is 12.1. The van der Waals surface area contributed by atoms with Crippen molar-refractivity contribution in [3.63, 3.8) is 0 Å². The Balaban J connectivity index is 1.15. The highest BCUT2D eigenvalue weighted by atomic mass is 16.3. The van der Waals surface area contributed by atoms with Gasteiger partial charge in [-0.15, -0.1) is 0 Å². The Hall–Kier alpha value is -4.49. The van der Waals surface area contributed by atoms with Crippen molar-refractivity contribution >= 4 is 16.9 Å². The van der Waals surface area contributed by atoms with E-state index in [1.165, 1.54) is 0 Å². The zero-order valence-electron chi connectivity index (χ0n) is 22.0. The molecule has 7 rings (SSSR count). The average molecular weight is 532 g/mol. The molecule has 1 aliphatic heterocycles. The first-order valence-corrected chi connectivity index (χ1v) is 13.7. The van der Waals surface area contributed by atoms with Gasteiger partial charge in [-0.2, -0.15) is 0 Å². The van der Waals surface area contributed by atoms with Crippen LogP contribution in [0.2, 0.25) is 0 Å². The van der Waals surface area contributed by atoms with Crippen molar-refractivity contribution in [1.29, 1.82) is 0 Å². The van der Waals surface area contributed by atoms with E-state index in [9.17, 15) is 14.7 Å². The maximum Gasteiger partial charge on any atom is 0.256 e. The number of hydrogen-bond acceptors (Lipinski definition) is 5. The minimum Gasteiger partial charge on any atom is -0.464 e. The van der Waals surface area contributed by atoms with Crippen molar-refractivity contribution in [2.45, 2.75) is 43.7 Å². The SMILES string of the molecule is O=C([C@H](O)c1cccc(-c2coc3ccccc23)c1)N1CCCc2nc(C3(c4ccccc4)CC3)[nH]c(=O)c2C1. The van der Waals surface area contributed by atoms with Gasteiger partial charge in [-0.05, 0) is 54.5 Å². The number of aromatic amines is 1. The minimum atomic E-state index is -1.35. The van der Waals surface area contributed by atoms with E-state index in [4.69, 9.17) is 9.40 Å². The van der Waals surface area contributed by atoms with E-state index in [1.54, 1.807) is 17.2 Å². The van der Waals surface area contributed by atoms with Gasteiger partial charge in [0.1, 0.15) is 11.4 Å². The van der Waals surface area contributed by atoms with Crippen LogP contribution in [0.5, 0.6) is 0 Å². The maximum atomic E-state index is 13.5. The topological polar surface area (TPSA) is 99.4 Å². The summed E-state index contributed by atoms with van der Waals surface area (Å²) in [6.45, 7) is 0.565. The number of benzene rings is 3. The lowest BCUT2D eigenvalue weighted by atomic mass is 9.94. The van der Waals surface area contributed by atoms with Gasteiger partial charge in [0.2, 0.25) is 0 Å². The van der Waals surface area contributed by atoms with Crippen molar-refractivity contribution in [3.8, 4) is 11.1 Å². The molecule has 2 N–H and O–H groups in total. The van der Waals surface area contributed by atoms with Crippen molar-refractivity contribution in [2.24, 2.45) is 0 Å². The smallest absolute Gasteiger partial charge is 0.256 e. The van der Waals surface area contributed by atoms with E-state index in [0.29, 0.717) is 36.3 Å². The Kier molecular flexibility index (Phi) is 5.90. The van der Waals surface area contributed by atoms with Crippen molar-refractivity contribution in [2.75, 3.05) is 6.54 Å². The van der Waals surface area contributed by atoms with Gasteiger partial charge in [0.15, 0.2) is 6.10 Å². The number of hydrogen-bond donors (Lipinski definition) is 2. The highest BCUT2D eigenvalue weighted by molar-refractivity contribution is 5.94. The van der Waals surface area contributed by atoms with Crippen LogP contribution in [0.15, 0.2) is 94.3 Å². The quantitative estimate of drug-likeness (QED) is 0.322. The van der Waals surface area contributed by atoms with Crippen LogP contribution in [0.25, 0.3) is 22.1 Å². The predicted octanol–water partition coefficient (Wildman–Crippen LogP) is 5.27. The first-order chi connectivity index (χ1) is 19.5. The molecule has 7 nitrogen and oxygen atoms in total. The van der Waals surface area contributed by atoms with E-state index in [0.717, 1.165) is 46.2 Å². The molecular formula is C33H29N3O4. The van der Waals surface area contributed by atoms with Crippen LogP contribution in [0.3, 0.4) is 0 Å². The fraction of sp³-hybridized carbons (Fsp3) is 0.242.